The normalized spacial score (nSPS) is 11.1. The van der Waals surface area contributed by atoms with Gasteiger partial charge in [0.05, 0.1) is 18.0 Å². The first-order chi connectivity index (χ1) is 10.7. The summed E-state index contributed by atoms with van der Waals surface area (Å²) in [6.45, 7) is 0. The van der Waals surface area contributed by atoms with E-state index in [0.29, 0.717) is 22.6 Å². The second-order valence-corrected chi connectivity index (χ2v) is 4.94. The molecule has 0 fully saturated rings. The maximum atomic E-state index is 12.2. The van der Waals surface area contributed by atoms with Crippen LogP contribution in [0, 0.1) is 0 Å². The van der Waals surface area contributed by atoms with Gasteiger partial charge in [-0.15, -0.1) is 0 Å². The van der Waals surface area contributed by atoms with Gasteiger partial charge in [0.1, 0.15) is 11.3 Å². The standard InChI is InChI=1S/C17H12N2O3/c1-21-12-6-7-13-15(20)9-17(22-16(13)8-12)19-10-11-4-2-3-5-14(11)18-19/h2-10H,1H3. The molecule has 0 aliphatic heterocycles. The molecule has 108 valence electrons. The first-order valence-electron chi connectivity index (χ1n) is 6.81. The lowest BCUT2D eigenvalue weighted by atomic mass is 10.2. The largest absolute Gasteiger partial charge is 0.497 e. The minimum atomic E-state index is -0.113. The summed E-state index contributed by atoms with van der Waals surface area (Å²) in [6.07, 6.45) is 1.83. The van der Waals surface area contributed by atoms with Gasteiger partial charge in [-0.05, 0) is 18.2 Å². The number of rotatable bonds is 2. The number of hydrogen-bond acceptors (Lipinski definition) is 4. The van der Waals surface area contributed by atoms with Crippen molar-refractivity contribution in [3.8, 4) is 11.6 Å². The smallest absolute Gasteiger partial charge is 0.224 e. The summed E-state index contributed by atoms with van der Waals surface area (Å²) < 4.78 is 12.6. The van der Waals surface area contributed by atoms with Gasteiger partial charge in [0, 0.05) is 23.7 Å². The fourth-order valence-corrected chi connectivity index (χ4v) is 2.44. The molecule has 2 aromatic carbocycles. The van der Waals surface area contributed by atoms with Gasteiger partial charge < -0.3 is 9.15 Å². The van der Waals surface area contributed by atoms with Crippen molar-refractivity contribution in [3.63, 3.8) is 0 Å². The minimum Gasteiger partial charge on any atom is -0.497 e. The molecule has 0 bridgehead atoms. The second-order valence-electron chi connectivity index (χ2n) is 4.94. The minimum absolute atomic E-state index is 0.113. The number of aromatic nitrogens is 2. The number of hydrogen-bond donors (Lipinski definition) is 0. The van der Waals surface area contributed by atoms with Crippen molar-refractivity contribution in [1.29, 1.82) is 0 Å². The second kappa shape index (κ2) is 4.73. The molecule has 4 rings (SSSR count). The number of nitrogens with zero attached hydrogens (tertiary/aromatic N) is 2. The van der Waals surface area contributed by atoms with Crippen LogP contribution >= 0.6 is 0 Å². The molecule has 0 atom stereocenters. The van der Waals surface area contributed by atoms with Crippen molar-refractivity contribution < 1.29 is 9.15 Å². The summed E-state index contributed by atoms with van der Waals surface area (Å²) in [5, 5.41) is 5.92. The van der Waals surface area contributed by atoms with Crippen LogP contribution < -0.4 is 10.2 Å². The van der Waals surface area contributed by atoms with Gasteiger partial charge in [-0.3, -0.25) is 4.79 Å². The van der Waals surface area contributed by atoms with Crippen LogP contribution in [0.25, 0.3) is 27.8 Å². The summed E-state index contributed by atoms with van der Waals surface area (Å²) in [5.41, 5.74) is 1.20. The van der Waals surface area contributed by atoms with E-state index < -0.39 is 0 Å². The van der Waals surface area contributed by atoms with Crippen LogP contribution in [-0.4, -0.2) is 16.9 Å². The summed E-state index contributed by atoms with van der Waals surface area (Å²) in [7, 11) is 1.57. The van der Waals surface area contributed by atoms with Crippen molar-refractivity contribution in [1.82, 2.24) is 9.78 Å². The molecule has 5 heteroatoms. The van der Waals surface area contributed by atoms with Gasteiger partial charge >= 0.3 is 0 Å². The Bertz CT molecular complexity index is 1010. The molecule has 2 aromatic heterocycles. The van der Waals surface area contributed by atoms with Crippen LogP contribution in [0.3, 0.4) is 0 Å². The molecule has 0 aliphatic rings. The highest BCUT2D eigenvalue weighted by molar-refractivity contribution is 5.80. The molecular weight excluding hydrogens is 280 g/mol. The molecule has 22 heavy (non-hydrogen) atoms. The van der Waals surface area contributed by atoms with Crippen molar-refractivity contribution in [2.45, 2.75) is 0 Å². The summed E-state index contributed by atoms with van der Waals surface area (Å²) in [4.78, 5) is 12.2. The highest BCUT2D eigenvalue weighted by atomic mass is 16.5. The van der Waals surface area contributed by atoms with Crippen molar-refractivity contribution in [2.75, 3.05) is 7.11 Å². The Morgan fingerprint density at radius 2 is 2.00 bits per heavy atom. The molecule has 0 amide bonds. The number of methoxy groups -OCH3 is 1. The Hall–Kier alpha value is -3.08. The van der Waals surface area contributed by atoms with E-state index in [0.717, 1.165) is 10.9 Å². The third kappa shape index (κ3) is 1.95. The van der Waals surface area contributed by atoms with Gasteiger partial charge in [-0.2, -0.15) is 5.10 Å². The molecule has 5 nitrogen and oxygen atoms in total. The van der Waals surface area contributed by atoms with Gasteiger partial charge in [0.2, 0.25) is 5.88 Å². The lowest BCUT2D eigenvalue weighted by Crippen LogP contribution is -2.04. The lowest BCUT2D eigenvalue weighted by molar-refractivity contribution is 0.414. The zero-order valence-electron chi connectivity index (χ0n) is 11.8. The van der Waals surface area contributed by atoms with Gasteiger partial charge in [-0.1, -0.05) is 18.2 Å². The zero-order chi connectivity index (χ0) is 15.1. The van der Waals surface area contributed by atoms with Crippen molar-refractivity contribution in [2.24, 2.45) is 0 Å². The van der Waals surface area contributed by atoms with E-state index in [-0.39, 0.29) is 5.43 Å². The molecular formula is C17H12N2O3. The van der Waals surface area contributed by atoms with Crippen LogP contribution in [0.5, 0.6) is 5.75 Å². The third-order valence-corrected chi connectivity index (χ3v) is 3.56. The number of benzene rings is 2. The number of ether oxygens (including phenoxy) is 1. The fourth-order valence-electron chi connectivity index (χ4n) is 2.44. The Morgan fingerprint density at radius 3 is 2.82 bits per heavy atom. The van der Waals surface area contributed by atoms with Crippen molar-refractivity contribution >= 4 is 21.9 Å². The summed E-state index contributed by atoms with van der Waals surface area (Å²) in [5.74, 6) is 1.01. The van der Waals surface area contributed by atoms with Gasteiger partial charge in [0.25, 0.3) is 0 Å². The highest BCUT2D eigenvalue weighted by Gasteiger charge is 2.09. The highest BCUT2D eigenvalue weighted by Crippen LogP contribution is 2.21. The monoisotopic (exact) mass is 292 g/mol. The molecule has 0 unspecified atom stereocenters. The lowest BCUT2D eigenvalue weighted by Gasteiger charge is -2.04. The Kier molecular flexibility index (Phi) is 2.72. The molecule has 0 saturated heterocycles. The van der Waals surface area contributed by atoms with E-state index in [1.807, 2.05) is 30.5 Å². The third-order valence-electron chi connectivity index (χ3n) is 3.56. The summed E-state index contributed by atoms with van der Waals surface area (Å²) in [6, 6.07) is 14.3. The van der Waals surface area contributed by atoms with Crippen LogP contribution in [0.4, 0.5) is 0 Å². The first-order valence-corrected chi connectivity index (χ1v) is 6.81. The average Bonchev–Trinajstić information content (AvgIpc) is 2.98. The molecule has 0 radical (unpaired) electrons. The van der Waals surface area contributed by atoms with E-state index >= 15 is 0 Å². The predicted octanol–water partition coefficient (Wildman–Crippen LogP) is 3.14. The van der Waals surface area contributed by atoms with E-state index in [4.69, 9.17) is 9.15 Å². The Morgan fingerprint density at radius 1 is 1.14 bits per heavy atom. The predicted molar refractivity (Wildman–Crippen MR) is 83.7 cm³/mol. The molecule has 0 aliphatic carbocycles. The van der Waals surface area contributed by atoms with Gasteiger partial charge in [-0.25, -0.2) is 4.68 Å². The quantitative estimate of drug-likeness (QED) is 0.569. The van der Waals surface area contributed by atoms with E-state index in [1.165, 1.54) is 6.07 Å². The van der Waals surface area contributed by atoms with Gasteiger partial charge in [0.15, 0.2) is 5.43 Å². The maximum absolute atomic E-state index is 12.2. The van der Waals surface area contributed by atoms with Crippen molar-refractivity contribution in [3.05, 3.63) is 65.0 Å². The molecule has 4 aromatic rings. The van der Waals surface area contributed by atoms with Crippen LogP contribution in [0.15, 0.2) is 63.9 Å². The SMILES string of the molecule is COc1ccc2c(=O)cc(-n3cc4ccccc4n3)oc2c1. The molecule has 0 N–H and O–H groups in total. The summed E-state index contributed by atoms with van der Waals surface area (Å²) >= 11 is 0. The fraction of sp³-hybridized carbons (Fsp3) is 0.0588. The van der Waals surface area contributed by atoms with Crippen LogP contribution in [-0.2, 0) is 0 Å². The first kappa shape index (κ1) is 12.6. The van der Waals surface area contributed by atoms with Crippen LogP contribution in [0.1, 0.15) is 0 Å². The van der Waals surface area contributed by atoms with E-state index in [2.05, 4.69) is 5.10 Å². The zero-order valence-corrected chi connectivity index (χ0v) is 11.8. The van der Waals surface area contributed by atoms with E-state index in [9.17, 15) is 4.79 Å². The number of fused-ring (bicyclic) bond motifs is 2. The van der Waals surface area contributed by atoms with Crippen LogP contribution in [0.2, 0.25) is 0 Å². The maximum Gasteiger partial charge on any atom is 0.224 e. The molecule has 0 saturated carbocycles. The molecule has 2 heterocycles. The molecule has 0 spiro atoms. The Labute approximate surface area is 125 Å². The average molecular weight is 292 g/mol. The Balaban J connectivity index is 1.96. The topological polar surface area (TPSA) is 57.3 Å². The van der Waals surface area contributed by atoms with E-state index in [1.54, 1.807) is 30.0 Å².